The molecule has 0 spiro atoms. The molecular weight excluding hydrogens is 272 g/mol. The number of anilines is 1. The molecule has 2 aromatic rings. The van der Waals surface area contributed by atoms with E-state index in [4.69, 9.17) is 15.7 Å². The number of nitrogens with zero attached hydrogens (tertiary/aromatic N) is 1. The first-order valence-corrected chi connectivity index (χ1v) is 7.27. The summed E-state index contributed by atoms with van der Waals surface area (Å²) in [7, 11) is 0.299. The first-order chi connectivity index (χ1) is 9.63. The van der Waals surface area contributed by atoms with Crippen LogP contribution >= 0.6 is 0 Å². The number of hydrogen-bond acceptors (Lipinski definition) is 4. The molecule has 2 aromatic carbocycles. The maximum atomic E-state index is 12.4. The molecule has 0 aliphatic carbocycles. The van der Waals surface area contributed by atoms with Gasteiger partial charge in [0.05, 0.1) is 40.2 Å². The summed E-state index contributed by atoms with van der Waals surface area (Å²) in [6.45, 7) is 0. The third kappa shape index (κ3) is 3.16. The van der Waals surface area contributed by atoms with Crippen LogP contribution in [-0.2, 0) is 16.6 Å². The predicted molar refractivity (Wildman–Crippen MR) is 78.7 cm³/mol. The lowest BCUT2D eigenvalue weighted by atomic mass is 10.2. The summed E-state index contributed by atoms with van der Waals surface area (Å²) >= 11 is 0. The fourth-order valence-electron chi connectivity index (χ4n) is 1.78. The van der Waals surface area contributed by atoms with Crippen LogP contribution < -0.4 is 10.5 Å². The van der Waals surface area contributed by atoms with Crippen LogP contribution in [0, 0.1) is 11.3 Å². The van der Waals surface area contributed by atoms with Crippen molar-refractivity contribution in [3.8, 4) is 11.8 Å². The van der Waals surface area contributed by atoms with Crippen molar-refractivity contribution in [1.29, 1.82) is 5.26 Å². The number of benzene rings is 2. The average Bonchev–Trinajstić information content (AvgIpc) is 2.47. The number of methoxy groups -OCH3 is 1. The van der Waals surface area contributed by atoms with Crippen molar-refractivity contribution in [2.45, 2.75) is 10.6 Å². The average molecular weight is 286 g/mol. The molecule has 0 aliphatic heterocycles. The minimum Gasteiger partial charge on any atom is -0.495 e. The van der Waals surface area contributed by atoms with E-state index in [1.54, 1.807) is 42.5 Å². The molecule has 0 amide bonds. The van der Waals surface area contributed by atoms with Crippen LogP contribution in [0.15, 0.2) is 47.4 Å². The van der Waals surface area contributed by atoms with E-state index in [1.807, 2.05) is 0 Å². The Balaban J connectivity index is 2.21. The summed E-state index contributed by atoms with van der Waals surface area (Å²) in [5.74, 6) is 0.892. The zero-order chi connectivity index (χ0) is 14.5. The van der Waals surface area contributed by atoms with E-state index < -0.39 is 10.8 Å². The Hall–Kier alpha value is -2.32. The molecule has 0 radical (unpaired) electrons. The second-order valence-corrected chi connectivity index (χ2v) is 5.63. The molecule has 0 aromatic heterocycles. The minimum absolute atomic E-state index is 0.367. The van der Waals surface area contributed by atoms with Crippen LogP contribution in [0.1, 0.15) is 11.1 Å². The van der Waals surface area contributed by atoms with Gasteiger partial charge in [0, 0.05) is 11.8 Å². The van der Waals surface area contributed by atoms with Crippen LogP contribution in [0.3, 0.4) is 0 Å². The van der Waals surface area contributed by atoms with Gasteiger partial charge in [0.15, 0.2) is 0 Å². The molecule has 2 N–H and O–H groups in total. The van der Waals surface area contributed by atoms with E-state index in [0.29, 0.717) is 27.6 Å². The standard InChI is InChI=1S/C15H14N2O2S/c1-19-14-8-13(17)6-7-15(14)20(18)10-12-4-2-11(9-16)3-5-12/h2-8H,10,17H2,1H3. The van der Waals surface area contributed by atoms with E-state index >= 15 is 0 Å². The Bertz CT molecular complexity index is 675. The van der Waals surface area contributed by atoms with Gasteiger partial charge in [0.25, 0.3) is 0 Å². The Labute approximate surface area is 120 Å². The highest BCUT2D eigenvalue weighted by Gasteiger charge is 2.11. The van der Waals surface area contributed by atoms with Crippen molar-refractivity contribution in [2.75, 3.05) is 12.8 Å². The highest BCUT2D eigenvalue weighted by Crippen LogP contribution is 2.26. The van der Waals surface area contributed by atoms with Crippen molar-refractivity contribution in [2.24, 2.45) is 0 Å². The van der Waals surface area contributed by atoms with Crippen molar-refractivity contribution in [3.63, 3.8) is 0 Å². The predicted octanol–water partition coefficient (Wildman–Crippen LogP) is 2.46. The molecule has 102 valence electrons. The molecule has 0 fully saturated rings. The summed E-state index contributed by atoms with van der Waals surface area (Å²) in [5.41, 5.74) is 7.74. The maximum absolute atomic E-state index is 12.4. The van der Waals surface area contributed by atoms with Gasteiger partial charge in [-0.2, -0.15) is 5.26 Å². The Morgan fingerprint density at radius 2 is 1.95 bits per heavy atom. The Morgan fingerprint density at radius 3 is 2.55 bits per heavy atom. The Morgan fingerprint density at radius 1 is 1.25 bits per heavy atom. The molecule has 0 heterocycles. The number of rotatable bonds is 4. The molecule has 1 unspecified atom stereocenters. The van der Waals surface area contributed by atoms with Gasteiger partial charge in [-0.3, -0.25) is 4.21 Å². The molecule has 0 saturated heterocycles. The minimum atomic E-state index is -1.23. The van der Waals surface area contributed by atoms with Gasteiger partial charge in [0.2, 0.25) is 0 Å². The molecule has 2 rings (SSSR count). The van der Waals surface area contributed by atoms with E-state index in [0.717, 1.165) is 5.56 Å². The van der Waals surface area contributed by atoms with Crippen LogP contribution in [0.2, 0.25) is 0 Å². The molecule has 1 atom stereocenters. The summed E-state index contributed by atoms with van der Waals surface area (Å²) in [6, 6.07) is 14.2. The van der Waals surface area contributed by atoms with Gasteiger partial charge in [-0.25, -0.2) is 0 Å². The highest BCUT2D eigenvalue weighted by atomic mass is 32.2. The summed E-state index contributed by atoms with van der Waals surface area (Å²) in [5, 5.41) is 8.74. The molecule has 0 saturated carbocycles. The second-order valence-electron chi connectivity index (χ2n) is 4.21. The third-order valence-electron chi connectivity index (χ3n) is 2.81. The summed E-state index contributed by atoms with van der Waals surface area (Å²) in [4.78, 5) is 0.617. The fourth-order valence-corrected chi connectivity index (χ4v) is 3.01. The lowest BCUT2D eigenvalue weighted by molar-refractivity contribution is 0.404. The number of nitrogens with two attached hydrogens (primary N) is 1. The Kier molecular flexibility index (Phi) is 4.38. The topological polar surface area (TPSA) is 76.1 Å². The monoisotopic (exact) mass is 286 g/mol. The summed E-state index contributed by atoms with van der Waals surface area (Å²) in [6.07, 6.45) is 0. The van der Waals surface area contributed by atoms with Crippen LogP contribution in [-0.4, -0.2) is 11.3 Å². The normalized spacial score (nSPS) is 11.6. The molecular formula is C15H14N2O2S. The van der Waals surface area contributed by atoms with E-state index in [1.165, 1.54) is 7.11 Å². The molecule has 20 heavy (non-hydrogen) atoms. The third-order valence-corrected chi connectivity index (χ3v) is 4.24. The van der Waals surface area contributed by atoms with Gasteiger partial charge in [-0.15, -0.1) is 0 Å². The van der Waals surface area contributed by atoms with Crippen molar-refractivity contribution in [3.05, 3.63) is 53.6 Å². The second kappa shape index (κ2) is 6.22. The highest BCUT2D eigenvalue weighted by molar-refractivity contribution is 7.84. The van der Waals surface area contributed by atoms with Gasteiger partial charge in [-0.1, -0.05) is 12.1 Å². The van der Waals surface area contributed by atoms with Crippen LogP contribution in [0.4, 0.5) is 5.69 Å². The smallest absolute Gasteiger partial charge is 0.137 e. The van der Waals surface area contributed by atoms with Gasteiger partial charge in [-0.05, 0) is 29.8 Å². The first kappa shape index (κ1) is 14.1. The van der Waals surface area contributed by atoms with Crippen molar-refractivity contribution in [1.82, 2.24) is 0 Å². The maximum Gasteiger partial charge on any atom is 0.137 e. The van der Waals surface area contributed by atoms with Crippen molar-refractivity contribution >= 4 is 16.5 Å². The van der Waals surface area contributed by atoms with Crippen LogP contribution in [0.25, 0.3) is 0 Å². The number of nitrogen functional groups attached to an aromatic ring is 1. The number of hydrogen-bond donors (Lipinski definition) is 1. The lowest BCUT2D eigenvalue weighted by Crippen LogP contribution is -2.00. The van der Waals surface area contributed by atoms with Gasteiger partial charge < -0.3 is 10.5 Å². The SMILES string of the molecule is COc1cc(N)ccc1S(=O)Cc1ccc(C#N)cc1. The lowest BCUT2D eigenvalue weighted by Gasteiger charge is -2.09. The van der Waals surface area contributed by atoms with E-state index in [9.17, 15) is 4.21 Å². The van der Waals surface area contributed by atoms with Crippen LogP contribution in [0.5, 0.6) is 5.75 Å². The summed E-state index contributed by atoms with van der Waals surface area (Å²) < 4.78 is 17.6. The van der Waals surface area contributed by atoms with Crippen molar-refractivity contribution < 1.29 is 8.95 Å². The van der Waals surface area contributed by atoms with Gasteiger partial charge >= 0.3 is 0 Å². The van der Waals surface area contributed by atoms with Gasteiger partial charge in [0.1, 0.15) is 5.75 Å². The number of ether oxygens (including phenoxy) is 1. The first-order valence-electron chi connectivity index (χ1n) is 5.95. The fraction of sp³-hybridized carbons (Fsp3) is 0.133. The largest absolute Gasteiger partial charge is 0.495 e. The quantitative estimate of drug-likeness (QED) is 0.876. The zero-order valence-corrected chi connectivity index (χ0v) is 11.8. The van der Waals surface area contributed by atoms with E-state index in [-0.39, 0.29) is 0 Å². The van der Waals surface area contributed by atoms with E-state index in [2.05, 4.69) is 6.07 Å². The zero-order valence-electron chi connectivity index (χ0n) is 11.0. The molecule has 0 aliphatic rings. The molecule has 4 nitrogen and oxygen atoms in total. The number of nitriles is 1. The molecule has 5 heteroatoms. The molecule has 0 bridgehead atoms.